The molecule has 0 spiro atoms. The number of fused-ring (bicyclic) bond motifs is 5. The first kappa shape index (κ1) is 65.5. The Morgan fingerprint density at radius 1 is 0.833 bits per heavy atom. The molecule has 0 fully saturated rings. The van der Waals surface area contributed by atoms with E-state index >= 15 is 4.39 Å². The highest BCUT2D eigenvalue weighted by molar-refractivity contribution is 7.98. The van der Waals surface area contributed by atoms with Crippen LogP contribution in [0.3, 0.4) is 0 Å². The van der Waals surface area contributed by atoms with Gasteiger partial charge < -0.3 is 66.2 Å². The summed E-state index contributed by atoms with van der Waals surface area (Å²) >= 11 is 1.16. The van der Waals surface area contributed by atoms with Crippen molar-refractivity contribution < 1.29 is 77.1 Å². The Balaban J connectivity index is 0.969. The highest BCUT2D eigenvalue weighted by Crippen LogP contribution is 2.41. The fourth-order valence-corrected chi connectivity index (χ4v) is 10.2. The van der Waals surface area contributed by atoms with Crippen LogP contribution in [-0.4, -0.2) is 170 Å². The fraction of sp³-hybridized carbons (Fsp3) is 0.536. The molecule has 0 saturated carbocycles. The monoisotopic (exact) mass is 1190 g/mol. The Bertz CT molecular complexity index is 3120. The van der Waals surface area contributed by atoms with E-state index in [0.717, 1.165) is 16.7 Å². The molecule has 6 atom stereocenters. The zero-order chi connectivity index (χ0) is 61.6. The minimum Gasteiger partial charge on any atom is -0.458 e. The van der Waals surface area contributed by atoms with Gasteiger partial charge in [-0.2, -0.15) is 0 Å². The van der Waals surface area contributed by atoms with Gasteiger partial charge in [-0.15, -0.1) is 11.8 Å². The molecule has 0 radical (unpaired) electrons. The number of amides is 9. The van der Waals surface area contributed by atoms with Crippen LogP contribution in [0, 0.1) is 5.82 Å². The number of cyclic esters (lactones) is 1. The van der Waals surface area contributed by atoms with E-state index in [9.17, 15) is 63.0 Å². The van der Waals surface area contributed by atoms with Crippen LogP contribution in [-0.2, 0) is 82.7 Å². The SMILES string of the molecule is CC[C@@]1(O)C(=O)OCc2c1cc1n(c2=O)Cc2c-1nc1cc(F)c(SC)cc1c2CNC(=O)COCNC(=O)[C@H](C)NC(=O)[C@H](C)NC(=O)[C@H](C)NC(=O)[C@H](CCC(=O)N(C)CCCC[C@H](O)CO)NC(=O)CCCCCN1C(=O)C=CC1=O. The van der Waals surface area contributed by atoms with E-state index in [-0.39, 0.29) is 86.8 Å². The number of halogens is 1. The third-order valence-corrected chi connectivity index (χ3v) is 15.5. The van der Waals surface area contributed by atoms with Crippen LogP contribution in [0.5, 0.6) is 0 Å². The summed E-state index contributed by atoms with van der Waals surface area (Å²) in [6, 6.07) is -0.547. The Morgan fingerprint density at radius 2 is 1.50 bits per heavy atom. The maximum atomic E-state index is 15.2. The van der Waals surface area contributed by atoms with Crippen molar-refractivity contribution in [2.75, 3.05) is 46.3 Å². The molecule has 84 heavy (non-hydrogen) atoms. The second-order valence-electron chi connectivity index (χ2n) is 20.8. The molecule has 3 aliphatic rings. The Kier molecular flexibility index (Phi) is 23.2. The van der Waals surface area contributed by atoms with Crippen LogP contribution in [0.25, 0.3) is 22.3 Å². The van der Waals surface area contributed by atoms with Crippen molar-refractivity contribution in [1.29, 1.82) is 0 Å². The normalized spacial score (nSPS) is 16.8. The van der Waals surface area contributed by atoms with Crippen LogP contribution >= 0.6 is 11.8 Å². The van der Waals surface area contributed by atoms with Crippen LogP contribution < -0.4 is 37.5 Å². The summed E-state index contributed by atoms with van der Waals surface area (Å²) in [5, 5.41) is 45.8. The number of aliphatic hydroxyl groups excluding tert-OH is 2. The molecule has 9 N–H and O–H groups in total. The molecule has 0 aliphatic carbocycles. The quantitative estimate of drug-likeness (QED) is 0.0104. The number of rotatable bonds is 31. The lowest BCUT2D eigenvalue weighted by Crippen LogP contribution is -2.56. The minimum atomic E-state index is -2.07. The number of aromatic nitrogens is 2. The average molecular weight is 1190 g/mol. The van der Waals surface area contributed by atoms with E-state index in [1.807, 2.05) is 0 Å². The number of imide groups is 1. The van der Waals surface area contributed by atoms with Gasteiger partial charge in [0, 0.05) is 79.2 Å². The van der Waals surface area contributed by atoms with Gasteiger partial charge in [-0.25, -0.2) is 14.2 Å². The number of unbranched alkanes of at least 4 members (excludes halogenated alkanes) is 3. The van der Waals surface area contributed by atoms with Crippen LogP contribution in [0.4, 0.5) is 4.39 Å². The largest absolute Gasteiger partial charge is 0.458 e. The number of carbonyl (C=O) groups is 10. The number of nitrogens with one attached hydrogen (secondary N) is 6. The highest BCUT2D eigenvalue weighted by Gasteiger charge is 2.46. The lowest BCUT2D eigenvalue weighted by atomic mass is 9.86. The number of thioether (sulfide) groups is 1. The van der Waals surface area contributed by atoms with Gasteiger partial charge in [-0.05, 0) is 89.7 Å². The van der Waals surface area contributed by atoms with Crippen molar-refractivity contribution in [3.05, 3.63) is 68.8 Å². The fourth-order valence-electron chi connectivity index (χ4n) is 9.69. The molecule has 3 aliphatic heterocycles. The summed E-state index contributed by atoms with van der Waals surface area (Å²) in [7, 11) is 1.57. The van der Waals surface area contributed by atoms with Gasteiger partial charge in [0.1, 0.15) is 49.9 Å². The predicted molar refractivity (Wildman–Crippen MR) is 300 cm³/mol. The Hall–Kier alpha value is -7.66. The molecule has 26 nitrogen and oxygen atoms in total. The van der Waals surface area contributed by atoms with E-state index in [1.165, 1.54) is 54.5 Å². The number of carbonyl (C=O) groups excluding carboxylic acids is 10. The van der Waals surface area contributed by atoms with Gasteiger partial charge in [0.15, 0.2) is 5.60 Å². The number of hydrogen-bond donors (Lipinski definition) is 9. The number of esters is 1. The first-order chi connectivity index (χ1) is 39.9. The van der Waals surface area contributed by atoms with Crippen molar-refractivity contribution in [3.8, 4) is 11.4 Å². The number of nitrogens with zero attached hydrogens (tertiary/aromatic N) is 4. The molecule has 0 saturated heterocycles. The summed E-state index contributed by atoms with van der Waals surface area (Å²) in [6.45, 7) is 4.29. The van der Waals surface area contributed by atoms with E-state index in [0.29, 0.717) is 72.2 Å². The lowest BCUT2D eigenvalue weighted by Gasteiger charge is -2.31. The lowest BCUT2D eigenvalue weighted by molar-refractivity contribution is -0.172. The second kappa shape index (κ2) is 29.7. The molecule has 0 unspecified atom stereocenters. The van der Waals surface area contributed by atoms with Gasteiger partial charge in [0.2, 0.25) is 41.4 Å². The molecule has 2 aromatic heterocycles. The Morgan fingerprint density at radius 3 is 2.15 bits per heavy atom. The molecule has 6 rings (SSSR count). The zero-order valence-electron chi connectivity index (χ0n) is 47.7. The zero-order valence-corrected chi connectivity index (χ0v) is 48.5. The second-order valence-corrected chi connectivity index (χ2v) is 21.7. The van der Waals surface area contributed by atoms with Gasteiger partial charge >= 0.3 is 5.97 Å². The summed E-state index contributed by atoms with van der Waals surface area (Å²) in [6.07, 6.45) is 5.50. The summed E-state index contributed by atoms with van der Waals surface area (Å²) in [5.74, 6) is -6.82. The Labute approximate surface area is 487 Å². The first-order valence-corrected chi connectivity index (χ1v) is 28.9. The molecule has 1 aromatic carbocycles. The third-order valence-electron chi connectivity index (χ3n) is 14.8. The van der Waals surface area contributed by atoms with E-state index in [2.05, 4.69) is 31.9 Å². The van der Waals surface area contributed by atoms with Crippen molar-refractivity contribution in [3.63, 3.8) is 0 Å². The molecule has 9 amide bonds. The highest BCUT2D eigenvalue weighted by atomic mass is 32.2. The van der Waals surface area contributed by atoms with Crippen molar-refractivity contribution >= 4 is 81.8 Å². The molecular formula is C56H73FN10O16S. The maximum Gasteiger partial charge on any atom is 0.343 e. The van der Waals surface area contributed by atoms with E-state index in [1.54, 1.807) is 26.3 Å². The van der Waals surface area contributed by atoms with Gasteiger partial charge in [0.05, 0.1) is 41.7 Å². The van der Waals surface area contributed by atoms with Crippen LogP contribution in [0.1, 0.15) is 114 Å². The van der Waals surface area contributed by atoms with Gasteiger partial charge in [-0.1, -0.05) is 13.3 Å². The summed E-state index contributed by atoms with van der Waals surface area (Å²) < 4.78 is 27.2. The third kappa shape index (κ3) is 16.2. The number of benzene rings is 1. The average Bonchev–Trinajstić information content (AvgIpc) is 1.57. The van der Waals surface area contributed by atoms with Gasteiger partial charge in [0.25, 0.3) is 17.4 Å². The van der Waals surface area contributed by atoms with Crippen LogP contribution in [0.2, 0.25) is 0 Å². The van der Waals surface area contributed by atoms with Crippen LogP contribution in [0.15, 0.2) is 40.0 Å². The standard InChI is InChI=1S/C56H73FN10O16S/c1-7-56(81)38-22-42-49-36(25-67(42)54(79)37(38)27-83-55(56)80)35(34-21-43(84-6)39(57)23-41(34)64-49)24-58-45(71)28-82-29-59-50(75)30(2)60-51(76)31(3)61-52(77)32(4)62-53(78)40(15-16-46(72)65(5)19-12-10-13-33(69)26-68)63-44(70)14-9-8-11-20-66-47(73)17-18-48(66)74/h17-18,21-23,30-33,40,68-69,81H,7-16,19-20,24-29H2,1-6H3,(H,58,71)(H,59,75)(H,60,76)(H,61,77)(H,62,78)(H,63,70)/t30-,31-,32-,33-,40-,56-/m0/s1. The van der Waals surface area contributed by atoms with Crippen molar-refractivity contribution in [2.45, 2.75) is 152 Å². The number of ether oxygens (including phenoxy) is 2. The number of aliphatic hydroxyl groups is 3. The summed E-state index contributed by atoms with van der Waals surface area (Å²) in [5.41, 5.74) is -0.485. The molecule has 28 heteroatoms. The molecule has 3 aromatic rings. The van der Waals surface area contributed by atoms with Gasteiger partial charge in [-0.3, -0.25) is 52.8 Å². The first-order valence-electron chi connectivity index (χ1n) is 27.7. The minimum absolute atomic E-state index is 0.00621. The predicted octanol–water partition coefficient (Wildman–Crippen LogP) is -0.106. The van der Waals surface area contributed by atoms with Crippen molar-refractivity contribution in [2.24, 2.45) is 0 Å². The summed E-state index contributed by atoms with van der Waals surface area (Å²) in [4.78, 5) is 150. The van der Waals surface area contributed by atoms with E-state index < -0.39 is 114 Å². The number of pyridine rings is 2. The molecule has 5 heterocycles. The maximum absolute atomic E-state index is 15.2. The topological polar surface area (TPSA) is 363 Å². The smallest absolute Gasteiger partial charge is 0.343 e. The molecule has 0 bridgehead atoms. The number of hydrogen-bond acceptors (Lipinski definition) is 18. The molecular weight excluding hydrogens is 1120 g/mol. The van der Waals surface area contributed by atoms with E-state index in [4.69, 9.17) is 19.6 Å². The molecule has 456 valence electrons. The van der Waals surface area contributed by atoms with Crippen molar-refractivity contribution in [1.82, 2.24) is 51.3 Å².